The maximum absolute atomic E-state index is 12.2. The van der Waals surface area contributed by atoms with Crippen LogP contribution in [0.15, 0.2) is 28.7 Å². The molecule has 0 aliphatic carbocycles. The second-order valence-corrected chi connectivity index (χ2v) is 6.08. The number of nitrogens with zero attached hydrogens (tertiary/aromatic N) is 1. The maximum atomic E-state index is 12.2. The van der Waals surface area contributed by atoms with Crippen LogP contribution >= 0.6 is 15.9 Å². The number of hydrogen-bond acceptors (Lipinski definition) is 3. The van der Waals surface area contributed by atoms with Crippen LogP contribution in [0.5, 0.6) is 0 Å². The molecule has 1 heterocycles. The summed E-state index contributed by atoms with van der Waals surface area (Å²) in [5.74, 6) is 0.153. The summed E-state index contributed by atoms with van der Waals surface area (Å²) in [5.41, 5.74) is 0.591. The molecule has 0 amide bonds. The van der Waals surface area contributed by atoms with E-state index in [9.17, 15) is 4.79 Å². The molecule has 0 radical (unpaired) electrons. The molecule has 0 saturated carbocycles. The van der Waals surface area contributed by atoms with Gasteiger partial charge in [0.15, 0.2) is 5.78 Å². The van der Waals surface area contributed by atoms with E-state index in [1.54, 1.807) is 0 Å². The largest absolute Gasteiger partial charge is 0.373 e. The maximum Gasteiger partial charge on any atom is 0.177 e. The van der Waals surface area contributed by atoms with Gasteiger partial charge in [0.2, 0.25) is 0 Å². The summed E-state index contributed by atoms with van der Waals surface area (Å²) in [5, 5.41) is 0. The van der Waals surface area contributed by atoms with Crippen LogP contribution in [-0.4, -0.2) is 42.5 Å². The number of carbonyl (C=O) groups excluding carboxylic acids is 1. The lowest BCUT2D eigenvalue weighted by Crippen LogP contribution is -2.49. The van der Waals surface area contributed by atoms with Gasteiger partial charge in [-0.2, -0.15) is 0 Å². The van der Waals surface area contributed by atoms with Crippen LogP contribution in [0.2, 0.25) is 0 Å². The Balaban J connectivity index is 2.02. The number of hydrogen-bond donors (Lipinski definition) is 0. The molecule has 4 heteroatoms. The molecule has 1 aliphatic rings. The fourth-order valence-corrected chi connectivity index (χ4v) is 2.73. The second-order valence-electron chi connectivity index (χ2n) is 5.22. The van der Waals surface area contributed by atoms with E-state index in [2.05, 4.69) is 34.7 Å². The molecule has 1 aromatic rings. The quantitative estimate of drug-likeness (QED) is 0.804. The first-order chi connectivity index (χ1) is 8.48. The first-order valence-corrected chi connectivity index (χ1v) is 6.91. The Morgan fingerprint density at radius 1 is 1.44 bits per heavy atom. The molecule has 0 bridgehead atoms. The molecular formula is C14H18BrNO2. The van der Waals surface area contributed by atoms with E-state index in [0.717, 1.165) is 23.1 Å². The van der Waals surface area contributed by atoms with Gasteiger partial charge >= 0.3 is 0 Å². The Hall–Kier alpha value is -0.710. The number of ether oxygens (including phenoxy) is 1. The normalized spacial score (nSPS) is 19.7. The lowest BCUT2D eigenvalue weighted by molar-refractivity contribution is -0.0833. The minimum atomic E-state index is -0.160. The molecule has 18 heavy (non-hydrogen) atoms. The van der Waals surface area contributed by atoms with Gasteiger partial charge in [-0.3, -0.25) is 9.69 Å². The van der Waals surface area contributed by atoms with Gasteiger partial charge in [0, 0.05) is 23.1 Å². The van der Waals surface area contributed by atoms with Gasteiger partial charge in [-0.05, 0) is 19.9 Å². The molecule has 1 fully saturated rings. The standard InChI is InChI=1S/C14H18BrNO2/c1-14(2)10-16(7-8-18-14)9-13(17)11-5-3-4-6-12(11)15/h3-6H,7-10H2,1-2H3. The van der Waals surface area contributed by atoms with Crippen molar-refractivity contribution < 1.29 is 9.53 Å². The average molecular weight is 312 g/mol. The van der Waals surface area contributed by atoms with Crippen LogP contribution in [0.1, 0.15) is 24.2 Å². The molecular weight excluding hydrogens is 294 g/mol. The third-order valence-corrected chi connectivity index (χ3v) is 3.74. The highest BCUT2D eigenvalue weighted by Crippen LogP contribution is 2.19. The zero-order chi connectivity index (χ0) is 13.2. The van der Waals surface area contributed by atoms with E-state index < -0.39 is 0 Å². The van der Waals surface area contributed by atoms with Crippen LogP contribution in [0.4, 0.5) is 0 Å². The van der Waals surface area contributed by atoms with Crippen molar-refractivity contribution in [1.82, 2.24) is 4.90 Å². The predicted octanol–water partition coefficient (Wildman–Crippen LogP) is 2.74. The molecule has 0 aromatic heterocycles. The van der Waals surface area contributed by atoms with E-state index >= 15 is 0 Å². The Morgan fingerprint density at radius 3 is 2.83 bits per heavy atom. The molecule has 1 aromatic carbocycles. The van der Waals surface area contributed by atoms with Gasteiger partial charge in [0.25, 0.3) is 0 Å². The van der Waals surface area contributed by atoms with E-state index in [-0.39, 0.29) is 11.4 Å². The Morgan fingerprint density at radius 2 is 2.17 bits per heavy atom. The molecule has 0 N–H and O–H groups in total. The number of ketones is 1. The number of morpholine rings is 1. The van der Waals surface area contributed by atoms with Crippen LogP contribution < -0.4 is 0 Å². The van der Waals surface area contributed by atoms with Crippen LogP contribution in [0.3, 0.4) is 0 Å². The summed E-state index contributed by atoms with van der Waals surface area (Å²) < 4.78 is 6.51. The van der Waals surface area contributed by atoms with E-state index in [4.69, 9.17) is 4.74 Å². The Bertz CT molecular complexity index is 445. The van der Waals surface area contributed by atoms with Crippen LogP contribution in [0.25, 0.3) is 0 Å². The lowest BCUT2D eigenvalue weighted by Gasteiger charge is -2.37. The van der Waals surface area contributed by atoms with Crippen molar-refractivity contribution in [1.29, 1.82) is 0 Å². The summed E-state index contributed by atoms with van der Waals surface area (Å²) in [4.78, 5) is 14.4. The third kappa shape index (κ3) is 3.40. The average Bonchev–Trinajstić information content (AvgIpc) is 2.28. The SMILES string of the molecule is CC1(C)CN(CC(=O)c2ccccc2Br)CCO1. The van der Waals surface area contributed by atoms with Crippen molar-refractivity contribution in [3.05, 3.63) is 34.3 Å². The molecule has 98 valence electrons. The van der Waals surface area contributed by atoms with E-state index in [1.165, 1.54) is 0 Å². The minimum Gasteiger partial charge on any atom is -0.373 e. The summed E-state index contributed by atoms with van der Waals surface area (Å²) in [6.45, 7) is 6.87. The van der Waals surface area contributed by atoms with Crippen LogP contribution in [-0.2, 0) is 4.74 Å². The lowest BCUT2D eigenvalue weighted by atomic mass is 10.1. The van der Waals surface area contributed by atoms with Gasteiger partial charge < -0.3 is 4.74 Å². The van der Waals surface area contributed by atoms with Crippen molar-refractivity contribution in [3.8, 4) is 0 Å². The van der Waals surface area contributed by atoms with Crippen molar-refractivity contribution in [2.24, 2.45) is 0 Å². The molecule has 0 unspecified atom stereocenters. The number of halogens is 1. The summed E-state index contributed by atoms with van der Waals surface area (Å²) in [6.07, 6.45) is 0. The second kappa shape index (κ2) is 5.51. The highest BCUT2D eigenvalue weighted by Gasteiger charge is 2.28. The van der Waals surface area contributed by atoms with E-state index in [0.29, 0.717) is 13.2 Å². The zero-order valence-corrected chi connectivity index (χ0v) is 12.4. The number of rotatable bonds is 3. The summed E-state index contributed by atoms with van der Waals surface area (Å²) in [7, 11) is 0. The number of benzene rings is 1. The van der Waals surface area contributed by atoms with Gasteiger partial charge in [0.1, 0.15) is 0 Å². The van der Waals surface area contributed by atoms with Crippen molar-refractivity contribution >= 4 is 21.7 Å². The molecule has 2 rings (SSSR count). The number of carbonyl (C=O) groups is 1. The minimum absolute atomic E-state index is 0.153. The van der Waals surface area contributed by atoms with Gasteiger partial charge in [-0.15, -0.1) is 0 Å². The van der Waals surface area contributed by atoms with Gasteiger partial charge in [-0.1, -0.05) is 34.1 Å². The fourth-order valence-electron chi connectivity index (χ4n) is 2.22. The summed E-state index contributed by atoms with van der Waals surface area (Å²) in [6, 6.07) is 7.56. The highest BCUT2D eigenvalue weighted by atomic mass is 79.9. The molecule has 0 spiro atoms. The van der Waals surface area contributed by atoms with Crippen molar-refractivity contribution in [3.63, 3.8) is 0 Å². The van der Waals surface area contributed by atoms with Crippen LogP contribution in [0, 0.1) is 0 Å². The Labute approximate surface area is 116 Å². The first-order valence-electron chi connectivity index (χ1n) is 6.12. The topological polar surface area (TPSA) is 29.5 Å². The number of Topliss-reactive ketones (excluding diaryl/α,β-unsaturated/α-hetero) is 1. The monoisotopic (exact) mass is 311 g/mol. The predicted molar refractivity (Wildman–Crippen MR) is 74.9 cm³/mol. The zero-order valence-electron chi connectivity index (χ0n) is 10.8. The smallest absolute Gasteiger partial charge is 0.177 e. The molecule has 1 saturated heterocycles. The Kier molecular flexibility index (Phi) is 4.20. The van der Waals surface area contributed by atoms with Gasteiger partial charge in [0.05, 0.1) is 18.8 Å². The molecule has 3 nitrogen and oxygen atoms in total. The molecule has 1 aliphatic heterocycles. The fraction of sp³-hybridized carbons (Fsp3) is 0.500. The first kappa shape index (κ1) is 13.7. The summed E-state index contributed by atoms with van der Waals surface area (Å²) >= 11 is 3.42. The molecule has 0 atom stereocenters. The van der Waals surface area contributed by atoms with E-state index in [1.807, 2.05) is 24.3 Å². The van der Waals surface area contributed by atoms with Crippen molar-refractivity contribution in [2.75, 3.05) is 26.2 Å². The van der Waals surface area contributed by atoms with Crippen molar-refractivity contribution in [2.45, 2.75) is 19.4 Å². The van der Waals surface area contributed by atoms with Gasteiger partial charge in [-0.25, -0.2) is 0 Å². The third-order valence-electron chi connectivity index (χ3n) is 3.05. The highest BCUT2D eigenvalue weighted by molar-refractivity contribution is 9.10.